The van der Waals surface area contributed by atoms with Crippen LogP contribution in [0.4, 0.5) is 5.69 Å². The van der Waals surface area contributed by atoms with E-state index < -0.39 is 5.41 Å². The molecule has 1 heterocycles. The smallest absolute Gasteiger partial charge is 0.234 e. The van der Waals surface area contributed by atoms with Crippen molar-refractivity contribution in [2.45, 2.75) is 45.1 Å². The number of carbonyl (C=O) groups excluding carboxylic acids is 1. The normalized spacial score (nSPS) is 23.7. The zero-order valence-corrected chi connectivity index (χ0v) is 11.9. The van der Waals surface area contributed by atoms with Crippen LogP contribution >= 0.6 is 0 Å². The largest absolute Gasteiger partial charge is 0.325 e. The van der Waals surface area contributed by atoms with Gasteiger partial charge in [-0.2, -0.15) is 0 Å². The third-order valence-corrected chi connectivity index (χ3v) is 4.85. The molecule has 3 nitrogen and oxygen atoms in total. The van der Waals surface area contributed by atoms with Gasteiger partial charge in [0.25, 0.3) is 0 Å². The molecule has 19 heavy (non-hydrogen) atoms. The molecular weight excluding hydrogens is 236 g/mol. The molecule has 102 valence electrons. The van der Waals surface area contributed by atoms with Crippen molar-refractivity contribution < 1.29 is 4.79 Å². The Labute approximate surface area is 114 Å². The predicted molar refractivity (Wildman–Crippen MR) is 76.9 cm³/mol. The molecule has 0 bridgehead atoms. The maximum atomic E-state index is 11.9. The molecule has 2 aliphatic rings. The second-order valence-electron chi connectivity index (χ2n) is 6.61. The summed E-state index contributed by atoms with van der Waals surface area (Å²) in [6.45, 7) is 6.17. The molecule has 0 spiro atoms. The number of fused-ring (bicyclic) bond motifs is 1. The van der Waals surface area contributed by atoms with Gasteiger partial charge >= 0.3 is 0 Å². The third-order valence-electron chi connectivity index (χ3n) is 4.85. The molecule has 0 aromatic heterocycles. The van der Waals surface area contributed by atoms with E-state index in [0.717, 1.165) is 22.7 Å². The number of nitrogens with one attached hydrogen (secondary N) is 1. The van der Waals surface area contributed by atoms with Crippen molar-refractivity contribution in [3.05, 3.63) is 29.3 Å². The highest BCUT2D eigenvalue weighted by Gasteiger charge is 2.39. The zero-order chi connectivity index (χ0) is 13.8. The summed E-state index contributed by atoms with van der Waals surface area (Å²) >= 11 is 0. The monoisotopic (exact) mass is 258 g/mol. The molecule has 1 saturated carbocycles. The first-order chi connectivity index (χ1) is 8.91. The summed E-state index contributed by atoms with van der Waals surface area (Å²) in [6, 6.07) is 6.25. The van der Waals surface area contributed by atoms with E-state index in [0.29, 0.717) is 5.92 Å². The van der Waals surface area contributed by atoms with Crippen LogP contribution in [0.25, 0.3) is 0 Å². The Bertz CT molecular complexity index is 532. The molecule has 0 saturated heterocycles. The number of amides is 1. The van der Waals surface area contributed by atoms with Crippen molar-refractivity contribution in [1.82, 2.24) is 0 Å². The van der Waals surface area contributed by atoms with Crippen molar-refractivity contribution in [3.8, 4) is 0 Å². The van der Waals surface area contributed by atoms with Gasteiger partial charge in [0.05, 0.1) is 5.41 Å². The first kappa shape index (κ1) is 12.7. The van der Waals surface area contributed by atoms with E-state index in [1.54, 1.807) is 0 Å². The molecule has 0 radical (unpaired) electrons. The van der Waals surface area contributed by atoms with E-state index in [2.05, 4.69) is 24.4 Å². The minimum atomic E-state index is -0.451. The van der Waals surface area contributed by atoms with Gasteiger partial charge in [0.15, 0.2) is 0 Å². The predicted octanol–water partition coefficient (Wildman–Crippen LogP) is 2.96. The van der Waals surface area contributed by atoms with Crippen LogP contribution in [0, 0.1) is 11.8 Å². The number of hydrogen-bond acceptors (Lipinski definition) is 2. The highest BCUT2D eigenvalue weighted by Crippen LogP contribution is 2.43. The second-order valence-corrected chi connectivity index (χ2v) is 6.61. The SMILES string of the molecule is CC(C1CC1)C(N)c1ccc2c(c1)C(C)(C)C(=O)N2. The number of anilines is 1. The van der Waals surface area contributed by atoms with Crippen LogP contribution < -0.4 is 11.1 Å². The van der Waals surface area contributed by atoms with E-state index in [9.17, 15) is 4.79 Å². The molecule has 1 fully saturated rings. The molecule has 1 amide bonds. The Morgan fingerprint density at radius 2 is 2.05 bits per heavy atom. The molecule has 3 rings (SSSR count). The fourth-order valence-corrected chi connectivity index (χ4v) is 3.01. The van der Waals surface area contributed by atoms with E-state index >= 15 is 0 Å². The Morgan fingerprint density at radius 1 is 1.37 bits per heavy atom. The van der Waals surface area contributed by atoms with Gasteiger partial charge in [0.2, 0.25) is 5.91 Å². The third kappa shape index (κ3) is 1.96. The van der Waals surface area contributed by atoms with Gasteiger partial charge in [-0.1, -0.05) is 19.1 Å². The van der Waals surface area contributed by atoms with Crippen LogP contribution in [0.15, 0.2) is 18.2 Å². The summed E-state index contributed by atoms with van der Waals surface area (Å²) < 4.78 is 0. The molecule has 2 atom stereocenters. The van der Waals surface area contributed by atoms with Crippen LogP contribution in [0.5, 0.6) is 0 Å². The minimum absolute atomic E-state index is 0.0727. The number of hydrogen-bond donors (Lipinski definition) is 2. The average molecular weight is 258 g/mol. The van der Waals surface area contributed by atoms with Gasteiger partial charge in [-0.25, -0.2) is 0 Å². The molecule has 1 aromatic rings. The lowest BCUT2D eigenvalue weighted by Gasteiger charge is -2.22. The van der Waals surface area contributed by atoms with Gasteiger partial charge in [0.1, 0.15) is 0 Å². The quantitative estimate of drug-likeness (QED) is 0.875. The van der Waals surface area contributed by atoms with E-state index in [4.69, 9.17) is 5.73 Å². The molecule has 1 aromatic carbocycles. The van der Waals surface area contributed by atoms with Gasteiger partial charge in [-0.05, 0) is 55.7 Å². The number of rotatable bonds is 3. The first-order valence-corrected chi connectivity index (χ1v) is 7.12. The lowest BCUT2D eigenvalue weighted by Crippen LogP contribution is -2.27. The number of nitrogens with two attached hydrogens (primary N) is 1. The molecule has 3 N–H and O–H groups in total. The highest BCUT2D eigenvalue weighted by atomic mass is 16.2. The van der Waals surface area contributed by atoms with Crippen LogP contribution in [-0.4, -0.2) is 5.91 Å². The topological polar surface area (TPSA) is 55.1 Å². The van der Waals surface area contributed by atoms with Crippen molar-refractivity contribution in [2.24, 2.45) is 17.6 Å². The maximum absolute atomic E-state index is 11.9. The molecule has 3 heteroatoms. The number of benzene rings is 1. The lowest BCUT2D eigenvalue weighted by molar-refractivity contribution is -0.119. The summed E-state index contributed by atoms with van der Waals surface area (Å²) in [5.41, 5.74) is 9.11. The minimum Gasteiger partial charge on any atom is -0.325 e. The Balaban J connectivity index is 1.93. The van der Waals surface area contributed by atoms with Crippen molar-refractivity contribution in [1.29, 1.82) is 0 Å². The summed E-state index contributed by atoms with van der Waals surface area (Å²) in [5, 5.41) is 2.94. The van der Waals surface area contributed by atoms with E-state index in [-0.39, 0.29) is 11.9 Å². The van der Waals surface area contributed by atoms with Gasteiger partial charge in [0, 0.05) is 11.7 Å². The lowest BCUT2D eigenvalue weighted by atomic mass is 9.83. The second kappa shape index (κ2) is 4.07. The van der Waals surface area contributed by atoms with Crippen LogP contribution in [0.2, 0.25) is 0 Å². The summed E-state index contributed by atoms with van der Waals surface area (Å²) in [7, 11) is 0. The Hall–Kier alpha value is -1.35. The Morgan fingerprint density at radius 3 is 2.68 bits per heavy atom. The highest BCUT2D eigenvalue weighted by molar-refractivity contribution is 6.05. The molecule has 2 unspecified atom stereocenters. The Kier molecular flexibility index (Phi) is 2.72. The van der Waals surface area contributed by atoms with Gasteiger partial charge < -0.3 is 11.1 Å². The van der Waals surface area contributed by atoms with Crippen LogP contribution in [0.3, 0.4) is 0 Å². The molecular formula is C16H22N2O. The molecule has 1 aliphatic heterocycles. The van der Waals surface area contributed by atoms with Crippen LogP contribution in [-0.2, 0) is 10.2 Å². The fourth-order valence-electron chi connectivity index (χ4n) is 3.01. The van der Waals surface area contributed by atoms with Crippen molar-refractivity contribution >= 4 is 11.6 Å². The van der Waals surface area contributed by atoms with Gasteiger partial charge in [-0.15, -0.1) is 0 Å². The first-order valence-electron chi connectivity index (χ1n) is 7.12. The standard InChI is InChI=1S/C16H22N2O/c1-9(10-4-5-10)14(17)11-6-7-13-12(8-11)16(2,3)15(19)18-13/h6-10,14H,4-5,17H2,1-3H3,(H,18,19). The van der Waals surface area contributed by atoms with Gasteiger partial charge in [-0.3, -0.25) is 4.79 Å². The maximum Gasteiger partial charge on any atom is 0.234 e. The van der Waals surface area contributed by atoms with E-state index in [1.165, 1.54) is 12.8 Å². The average Bonchev–Trinajstić information content (AvgIpc) is 3.18. The van der Waals surface area contributed by atoms with Crippen LogP contribution in [0.1, 0.15) is 50.8 Å². The molecule has 1 aliphatic carbocycles. The summed E-state index contributed by atoms with van der Waals surface area (Å²) in [4.78, 5) is 11.9. The van der Waals surface area contributed by atoms with Crippen molar-refractivity contribution in [3.63, 3.8) is 0 Å². The van der Waals surface area contributed by atoms with Crippen molar-refractivity contribution in [2.75, 3.05) is 5.32 Å². The fraction of sp³-hybridized carbons (Fsp3) is 0.562. The summed E-state index contributed by atoms with van der Waals surface area (Å²) in [6.07, 6.45) is 2.62. The number of carbonyl (C=O) groups is 1. The van der Waals surface area contributed by atoms with E-state index in [1.807, 2.05) is 19.9 Å². The summed E-state index contributed by atoms with van der Waals surface area (Å²) in [5.74, 6) is 1.38. The zero-order valence-electron chi connectivity index (χ0n) is 11.9.